The maximum absolute atomic E-state index is 12.2. The van der Waals surface area contributed by atoms with Crippen LogP contribution in [0.25, 0.3) is 11.1 Å². The summed E-state index contributed by atoms with van der Waals surface area (Å²) in [4.78, 5) is 23.7. The molecule has 0 atom stereocenters. The van der Waals surface area contributed by atoms with Gasteiger partial charge in [0.2, 0.25) is 5.91 Å². The molecule has 0 saturated heterocycles. The molecule has 0 aliphatic carbocycles. The van der Waals surface area contributed by atoms with E-state index in [4.69, 9.17) is 0 Å². The Morgan fingerprint density at radius 3 is 2.00 bits per heavy atom. The Morgan fingerprint density at radius 1 is 0.769 bits per heavy atom. The molecule has 4 heteroatoms. The van der Waals surface area contributed by atoms with Gasteiger partial charge in [-0.15, -0.1) is 0 Å². The molecule has 0 spiro atoms. The van der Waals surface area contributed by atoms with E-state index in [0.29, 0.717) is 17.7 Å². The van der Waals surface area contributed by atoms with E-state index in [2.05, 4.69) is 22.8 Å². The van der Waals surface area contributed by atoms with E-state index in [0.717, 1.165) is 16.7 Å². The van der Waals surface area contributed by atoms with Gasteiger partial charge in [0.05, 0.1) is 6.42 Å². The van der Waals surface area contributed by atoms with Crippen LogP contribution >= 0.6 is 0 Å². The highest BCUT2D eigenvalue weighted by atomic mass is 16.2. The number of amides is 2. The van der Waals surface area contributed by atoms with Crippen LogP contribution in [-0.2, 0) is 11.2 Å². The summed E-state index contributed by atoms with van der Waals surface area (Å²) in [5.41, 5.74) is 4.45. The second kappa shape index (κ2) is 8.12. The van der Waals surface area contributed by atoms with Gasteiger partial charge in [-0.1, -0.05) is 54.6 Å². The SMILES string of the molecule is CNC(=O)c1ccc(NC(=O)Cc2ccc(-c3ccccc3)cc2)cc1. The van der Waals surface area contributed by atoms with Crippen molar-refractivity contribution < 1.29 is 9.59 Å². The lowest BCUT2D eigenvalue weighted by molar-refractivity contribution is -0.115. The first kappa shape index (κ1) is 17.4. The first-order chi connectivity index (χ1) is 12.7. The lowest BCUT2D eigenvalue weighted by Gasteiger charge is -2.07. The van der Waals surface area contributed by atoms with Crippen LogP contribution < -0.4 is 10.6 Å². The minimum absolute atomic E-state index is 0.0924. The molecule has 0 radical (unpaired) electrons. The fourth-order valence-corrected chi connectivity index (χ4v) is 2.69. The molecule has 0 unspecified atom stereocenters. The zero-order valence-electron chi connectivity index (χ0n) is 14.5. The van der Waals surface area contributed by atoms with Gasteiger partial charge in [0.25, 0.3) is 5.91 Å². The Kier molecular flexibility index (Phi) is 5.44. The van der Waals surface area contributed by atoms with Gasteiger partial charge in [-0.3, -0.25) is 9.59 Å². The first-order valence-corrected chi connectivity index (χ1v) is 8.42. The molecule has 0 aromatic heterocycles. The van der Waals surface area contributed by atoms with Crippen molar-refractivity contribution in [1.82, 2.24) is 5.32 Å². The van der Waals surface area contributed by atoms with E-state index in [1.807, 2.05) is 42.5 Å². The second-order valence-corrected chi connectivity index (χ2v) is 5.94. The van der Waals surface area contributed by atoms with Gasteiger partial charge in [-0.2, -0.15) is 0 Å². The van der Waals surface area contributed by atoms with Gasteiger partial charge in [0.1, 0.15) is 0 Å². The summed E-state index contributed by atoms with van der Waals surface area (Å²) in [5.74, 6) is -0.244. The molecule has 0 bridgehead atoms. The average molecular weight is 344 g/mol. The predicted octanol–water partition coefficient (Wildman–Crippen LogP) is 3.89. The first-order valence-electron chi connectivity index (χ1n) is 8.42. The maximum atomic E-state index is 12.2. The minimum Gasteiger partial charge on any atom is -0.355 e. The Balaban J connectivity index is 1.60. The molecule has 3 rings (SSSR count). The molecule has 4 nitrogen and oxygen atoms in total. The molecule has 2 amide bonds. The van der Waals surface area contributed by atoms with Crippen molar-refractivity contribution in [2.45, 2.75) is 6.42 Å². The molecule has 130 valence electrons. The van der Waals surface area contributed by atoms with E-state index in [9.17, 15) is 9.59 Å². The molecule has 2 N–H and O–H groups in total. The summed E-state index contributed by atoms with van der Waals surface area (Å²) in [7, 11) is 1.58. The van der Waals surface area contributed by atoms with E-state index >= 15 is 0 Å². The van der Waals surface area contributed by atoms with Crippen LogP contribution in [0, 0.1) is 0 Å². The van der Waals surface area contributed by atoms with Gasteiger partial charge in [0.15, 0.2) is 0 Å². The van der Waals surface area contributed by atoms with E-state index in [1.165, 1.54) is 0 Å². The number of benzene rings is 3. The van der Waals surface area contributed by atoms with Crippen molar-refractivity contribution in [2.75, 3.05) is 12.4 Å². The second-order valence-electron chi connectivity index (χ2n) is 5.94. The van der Waals surface area contributed by atoms with Gasteiger partial charge in [-0.25, -0.2) is 0 Å². The number of nitrogens with one attached hydrogen (secondary N) is 2. The molecule has 0 heterocycles. The molecule has 0 fully saturated rings. The lowest BCUT2D eigenvalue weighted by Crippen LogP contribution is -2.18. The predicted molar refractivity (Wildman–Crippen MR) is 104 cm³/mol. The van der Waals surface area contributed by atoms with E-state index in [1.54, 1.807) is 31.3 Å². The lowest BCUT2D eigenvalue weighted by atomic mass is 10.0. The highest BCUT2D eigenvalue weighted by Gasteiger charge is 2.07. The minimum atomic E-state index is -0.151. The standard InChI is InChI=1S/C22H20N2O2/c1-23-22(26)19-11-13-20(14-12-19)24-21(25)15-16-7-9-18(10-8-16)17-5-3-2-4-6-17/h2-14H,15H2,1H3,(H,23,26)(H,24,25). The third-order valence-corrected chi connectivity index (χ3v) is 4.08. The zero-order chi connectivity index (χ0) is 18.4. The summed E-state index contributed by atoms with van der Waals surface area (Å²) < 4.78 is 0. The van der Waals surface area contributed by atoms with Gasteiger partial charge in [0, 0.05) is 18.3 Å². The maximum Gasteiger partial charge on any atom is 0.251 e. The molecule has 0 aliphatic heterocycles. The monoisotopic (exact) mass is 344 g/mol. The highest BCUT2D eigenvalue weighted by molar-refractivity contribution is 5.96. The van der Waals surface area contributed by atoms with Crippen LogP contribution in [0.1, 0.15) is 15.9 Å². The summed E-state index contributed by atoms with van der Waals surface area (Å²) in [6, 6.07) is 24.9. The van der Waals surface area contributed by atoms with Crippen molar-refractivity contribution in [3.05, 3.63) is 90.0 Å². The third-order valence-electron chi connectivity index (χ3n) is 4.08. The van der Waals surface area contributed by atoms with E-state index < -0.39 is 0 Å². The van der Waals surface area contributed by atoms with Gasteiger partial charge >= 0.3 is 0 Å². The summed E-state index contributed by atoms with van der Waals surface area (Å²) >= 11 is 0. The van der Waals surface area contributed by atoms with Crippen LogP contribution in [0.15, 0.2) is 78.9 Å². The fraction of sp³-hybridized carbons (Fsp3) is 0.0909. The molecule has 3 aromatic rings. The van der Waals surface area contributed by atoms with Crippen molar-refractivity contribution >= 4 is 17.5 Å². The van der Waals surface area contributed by atoms with Gasteiger partial charge < -0.3 is 10.6 Å². The summed E-state index contributed by atoms with van der Waals surface area (Å²) in [5, 5.41) is 5.41. The Morgan fingerprint density at radius 2 is 1.38 bits per heavy atom. The summed E-state index contributed by atoms with van der Waals surface area (Å²) in [6.07, 6.45) is 0.298. The Bertz CT molecular complexity index is 886. The normalized spacial score (nSPS) is 10.2. The van der Waals surface area contributed by atoms with Crippen LogP contribution in [0.2, 0.25) is 0 Å². The number of carbonyl (C=O) groups is 2. The van der Waals surface area contributed by atoms with Crippen LogP contribution in [0.3, 0.4) is 0 Å². The molecule has 0 saturated carbocycles. The van der Waals surface area contributed by atoms with Gasteiger partial charge in [-0.05, 0) is 41.0 Å². The van der Waals surface area contributed by atoms with Crippen LogP contribution in [0.4, 0.5) is 5.69 Å². The smallest absolute Gasteiger partial charge is 0.251 e. The topological polar surface area (TPSA) is 58.2 Å². The fourth-order valence-electron chi connectivity index (χ4n) is 2.69. The largest absolute Gasteiger partial charge is 0.355 e. The average Bonchev–Trinajstić information content (AvgIpc) is 2.69. The quantitative estimate of drug-likeness (QED) is 0.738. The van der Waals surface area contributed by atoms with E-state index in [-0.39, 0.29) is 11.8 Å². The third kappa shape index (κ3) is 4.36. The zero-order valence-corrected chi connectivity index (χ0v) is 14.5. The molecular formula is C22H20N2O2. The van der Waals surface area contributed by atoms with Crippen molar-refractivity contribution in [3.63, 3.8) is 0 Å². The molecular weight excluding hydrogens is 324 g/mol. The number of carbonyl (C=O) groups excluding carboxylic acids is 2. The number of anilines is 1. The highest BCUT2D eigenvalue weighted by Crippen LogP contribution is 2.19. The van der Waals surface area contributed by atoms with Crippen LogP contribution in [-0.4, -0.2) is 18.9 Å². The van der Waals surface area contributed by atoms with Crippen molar-refractivity contribution in [1.29, 1.82) is 0 Å². The molecule has 0 aliphatic rings. The Hall–Kier alpha value is -3.40. The molecule has 3 aromatic carbocycles. The van der Waals surface area contributed by atoms with Crippen molar-refractivity contribution in [3.8, 4) is 11.1 Å². The summed E-state index contributed by atoms with van der Waals surface area (Å²) in [6.45, 7) is 0. The molecule has 26 heavy (non-hydrogen) atoms. The number of rotatable bonds is 5. The Labute approximate surface area is 152 Å². The number of hydrogen-bond acceptors (Lipinski definition) is 2. The van der Waals surface area contributed by atoms with Crippen molar-refractivity contribution in [2.24, 2.45) is 0 Å². The number of hydrogen-bond donors (Lipinski definition) is 2. The van der Waals surface area contributed by atoms with Crippen LogP contribution in [0.5, 0.6) is 0 Å².